The molecule has 3 rings (SSSR count). The third-order valence-electron chi connectivity index (χ3n) is 4.87. The molecule has 1 aliphatic carbocycles. The van der Waals surface area contributed by atoms with Gasteiger partial charge in [0.25, 0.3) is 0 Å². The van der Waals surface area contributed by atoms with E-state index in [0.717, 1.165) is 38.0 Å². The van der Waals surface area contributed by atoms with Crippen LogP contribution in [0.15, 0.2) is 18.2 Å². The fourth-order valence-corrected chi connectivity index (χ4v) is 3.43. The third-order valence-corrected chi connectivity index (χ3v) is 4.87. The van der Waals surface area contributed by atoms with E-state index >= 15 is 0 Å². The largest absolute Gasteiger partial charge is 0.461 e. The summed E-state index contributed by atoms with van der Waals surface area (Å²) in [5.41, 5.74) is 4.48. The molecule has 0 atom stereocenters. The molecule has 0 unspecified atom stereocenters. The zero-order valence-electron chi connectivity index (χ0n) is 14.6. The summed E-state index contributed by atoms with van der Waals surface area (Å²) in [7, 11) is 0. The minimum absolute atomic E-state index is 0. The molecule has 24 heavy (non-hydrogen) atoms. The number of hydrogen-bond acceptors (Lipinski definition) is 3. The van der Waals surface area contributed by atoms with Crippen LogP contribution in [0.4, 0.5) is 0 Å². The van der Waals surface area contributed by atoms with E-state index in [0.29, 0.717) is 12.2 Å². The maximum atomic E-state index is 12.2. The van der Waals surface area contributed by atoms with Crippen LogP contribution in [-0.4, -0.2) is 42.1 Å². The molecule has 1 heterocycles. The maximum Gasteiger partial charge on any atom is 0.338 e. The molecule has 0 amide bonds. The summed E-state index contributed by atoms with van der Waals surface area (Å²) in [6, 6.07) is 5.90. The SMILES string of the molecule is CCN(CC)CCOC(=O)c1ccc2c3c([nH]c2c1)CCCC3.Cl. The van der Waals surface area contributed by atoms with Gasteiger partial charge >= 0.3 is 5.97 Å². The molecular formula is C19H27ClN2O2. The van der Waals surface area contributed by atoms with Crippen molar-refractivity contribution in [2.24, 2.45) is 0 Å². The molecule has 2 aromatic rings. The number of aryl methyl sites for hydroxylation is 2. The average Bonchev–Trinajstić information content (AvgIpc) is 2.96. The zero-order valence-corrected chi connectivity index (χ0v) is 15.4. The van der Waals surface area contributed by atoms with Gasteiger partial charge in [-0.3, -0.25) is 0 Å². The summed E-state index contributed by atoms with van der Waals surface area (Å²) in [5, 5.41) is 1.26. The van der Waals surface area contributed by atoms with Crippen LogP contribution < -0.4 is 0 Å². The summed E-state index contributed by atoms with van der Waals surface area (Å²) in [6.45, 7) is 7.43. The number of halogens is 1. The number of nitrogens with one attached hydrogen (secondary N) is 1. The van der Waals surface area contributed by atoms with Gasteiger partial charge in [-0.25, -0.2) is 4.79 Å². The molecule has 132 valence electrons. The Labute approximate surface area is 150 Å². The first-order valence-electron chi connectivity index (χ1n) is 8.75. The van der Waals surface area contributed by atoms with Crippen molar-refractivity contribution < 1.29 is 9.53 Å². The number of ether oxygens (including phenoxy) is 1. The van der Waals surface area contributed by atoms with Gasteiger partial charge in [0, 0.05) is 23.1 Å². The van der Waals surface area contributed by atoms with Crippen LogP contribution in [0.25, 0.3) is 10.9 Å². The van der Waals surface area contributed by atoms with Gasteiger partial charge < -0.3 is 14.6 Å². The molecule has 0 fully saturated rings. The highest BCUT2D eigenvalue weighted by Crippen LogP contribution is 2.29. The number of carbonyl (C=O) groups excluding carboxylic acids is 1. The topological polar surface area (TPSA) is 45.3 Å². The minimum Gasteiger partial charge on any atom is -0.461 e. The summed E-state index contributed by atoms with van der Waals surface area (Å²) < 4.78 is 5.42. The van der Waals surface area contributed by atoms with Crippen LogP contribution in [0.1, 0.15) is 48.3 Å². The fraction of sp³-hybridized carbons (Fsp3) is 0.526. The normalized spacial score (nSPS) is 13.6. The van der Waals surface area contributed by atoms with Gasteiger partial charge in [-0.15, -0.1) is 12.4 Å². The number of likely N-dealkylation sites (N-methyl/N-ethyl adjacent to an activating group) is 1. The summed E-state index contributed by atoms with van der Waals surface area (Å²) in [4.78, 5) is 18.0. The first-order chi connectivity index (χ1) is 11.2. The van der Waals surface area contributed by atoms with Gasteiger partial charge in [-0.05, 0) is 56.5 Å². The maximum absolute atomic E-state index is 12.2. The summed E-state index contributed by atoms with van der Waals surface area (Å²) in [6.07, 6.45) is 4.77. The van der Waals surface area contributed by atoms with Gasteiger partial charge in [0.05, 0.1) is 5.56 Å². The number of esters is 1. The van der Waals surface area contributed by atoms with Crippen LogP contribution >= 0.6 is 12.4 Å². The smallest absolute Gasteiger partial charge is 0.338 e. The van der Waals surface area contributed by atoms with Gasteiger partial charge in [0.2, 0.25) is 0 Å². The Balaban J connectivity index is 0.00000208. The van der Waals surface area contributed by atoms with Crippen molar-refractivity contribution in [3.63, 3.8) is 0 Å². The molecule has 5 heteroatoms. The molecule has 0 saturated heterocycles. The highest BCUT2D eigenvalue weighted by Gasteiger charge is 2.17. The predicted octanol–water partition coefficient (Wildman–Crippen LogP) is 3.97. The van der Waals surface area contributed by atoms with E-state index in [9.17, 15) is 4.79 Å². The lowest BCUT2D eigenvalue weighted by atomic mass is 9.95. The number of aromatic nitrogens is 1. The van der Waals surface area contributed by atoms with Crippen LogP contribution in [0.2, 0.25) is 0 Å². The van der Waals surface area contributed by atoms with Crippen molar-refractivity contribution in [3.05, 3.63) is 35.0 Å². The van der Waals surface area contributed by atoms with Crippen LogP contribution in [0.3, 0.4) is 0 Å². The summed E-state index contributed by atoms with van der Waals surface area (Å²) in [5.74, 6) is -0.230. The second-order valence-corrected chi connectivity index (χ2v) is 6.21. The van der Waals surface area contributed by atoms with E-state index in [1.54, 1.807) is 0 Å². The highest BCUT2D eigenvalue weighted by atomic mass is 35.5. The van der Waals surface area contributed by atoms with Gasteiger partial charge in [0.15, 0.2) is 0 Å². The number of hydrogen-bond donors (Lipinski definition) is 1. The molecule has 1 aliphatic rings. The first-order valence-corrected chi connectivity index (χ1v) is 8.75. The van der Waals surface area contributed by atoms with Gasteiger partial charge in [-0.2, -0.15) is 0 Å². The predicted molar refractivity (Wildman–Crippen MR) is 100 cm³/mol. The lowest BCUT2D eigenvalue weighted by Crippen LogP contribution is -2.27. The van der Waals surface area contributed by atoms with E-state index in [4.69, 9.17) is 4.74 Å². The molecule has 0 bridgehead atoms. The molecular weight excluding hydrogens is 324 g/mol. The second kappa shape index (κ2) is 8.54. The van der Waals surface area contributed by atoms with Crippen molar-refractivity contribution in [3.8, 4) is 0 Å². The van der Waals surface area contributed by atoms with Crippen molar-refractivity contribution in [2.45, 2.75) is 39.5 Å². The van der Waals surface area contributed by atoms with E-state index in [1.807, 2.05) is 12.1 Å². The van der Waals surface area contributed by atoms with Gasteiger partial charge in [0.1, 0.15) is 6.61 Å². The van der Waals surface area contributed by atoms with Crippen molar-refractivity contribution >= 4 is 29.3 Å². The Hall–Kier alpha value is -1.52. The minimum atomic E-state index is -0.230. The Kier molecular flexibility index (Phi) is 6.69. The molecule has 1 aromatic heterocycles. The number of H-pyrrole nitrogens is 1. The van der Waals surface area contributed by atoms with E-state index < -0.39 is 0 Å². The number of carbonyl (C=O) groups is 1. The first kappa shape index (κ1) is 18.8. The lowest BCUT2D eigenvalue weighted by Gasteiger charge is -2.17. The third kappa shape index (κ3) is 3.93. The van der Waals surface area contributed by atoms with Crippen LogP contribution in [0, 0.1) is 0 Å². The van der Waals surface area contributed by atoms with Crippen LogP contribution in [0.5, 0.6) is 0 Å². The average molecular weight is 351 g/mol. The quantitative estimate of drug-likeness (QED) is 0.802. The highest BCUT2D eigenvalue weighted by molar-refractivity contribution is 5.95. The molecule has 1 N–H and O–H groups in total. The second-order valence-electron chi connectivity index (χ2n) is 6.21. The molecule has 0 saturated carbocycles. The Morgan fingerprint density at radius 2 is 1.96 bits per heavy atom. The van der Waals surface area contributed by atoms with Crippen molar-refractivity contribution in [1.82, 2.24) is 9.88 Å². The van der Waals surface area contributed by atoms with E-state index in [1.165, 1.54) is 29.5 Å². The molecule has 0 spiro atoms. The zero-order chi connectivity index (χ0) is 16.2. The number of aromatic amines is 1. The molecule has 4 nitrogen and oxygen atoms in total. The fourth-order valence-electron chi connectivity index (χ4n) is 3.43. The number of benzene rings is 1. The number of rotatable bonds is 6. The lowest BCUT2D eigenvalue weighted by molar-refractivity contribution is 0.0466. The van der Waals surface area contributed by atoms with Crippen molar-refractivity contribution in [1.29, 1.82) is 0 Å². The molecule has 0 aliphatic heterocycles. The summed E-state index contributed by atoms with van der Waals surface area (Å²) >= 11 is 0. The Morgan fingerprint density at radius 1 is 1.21 bits per heavy atom. The Bertz CT molecular complexity index is 692. The van der Waals surface area contributed by atoms with E-state index in [2.05, 4.69) is 29.8 Å². The van der Waals surface area contributed by atoms with Crippen LogP contribution in [-0.2, 0) is 17.6 Å². The van der Waals surface area contributed by atoms with Crippen molar-refractivity contribution in [2.75, 3.05) is 26.2 Å². The monoisotopic (exact) mass is 350 g/mol. The number of fused-ring (bicyclic) bond motifs is 3. The molecule has 0 radical (unpaired) electrons. The number of nitrogens with zero attached hydrogens (tertiary/aromatic N) is 1. The standard InChI is InChI=1S/C19H26N2O2.ClH/c1-3-21(4-2)11-12-23-19(22)14-9-10-16-15-7-5-6-8-17(15)20-18(16)13-14;/h9-10,13,20H,3-8,11-12H2,1-2H3;1H. The molecule has 1 aromatic carbocycles. The van der Waals surface area contributed by atoms with Gasteiger partial charge in [-0.1, -0.05) is 19.9 Å². The van der Waals surface area contributed by atoms with E-state index in [-0.39, 0.29) is 18.4 Å². The Morgan fingerprint density at radius 3 is 2.71 bits per heavy atom.